The van der Waals surface area contributed by atoms with Gasteiger partial charge in [0, 0.05) is 16.0 Å². The third-order valence-electron chi connectivity index (χ3n) is 2.32. The van der Waals surface area contributed by atoms with Gasteiger partial charge in [0.05, 0.1) is 17.3 Å². The number of hydrogen-bond donors (Lipinski definition) is 1. The Morgan fingerprint density at radius 1 is 1.53 bits per heavy atom. The lowest BCUT2D eigenvalue weighted by Gasteiger charge is -2.14. The maximum atomic E-state index is 9.11. The third kappa shape index (κ3) is 2.65. The molecule has 1 atom stereocenters. The highest BCUT2D eigenvalue weighted by molar-refractivity contribution is 9.10. The topological polar surface area (TPSA) is 48.7 Å². The molecule has 86 valence electrons. The van der Waals surface area contributed by atoms with Gasteiger partial charge in [-0.1, -0.05) is 6.07 Å². The minimum atomic E-state index is 0.0939. The van der Waals surface area contributed by atoms with E-state index in [1.807, 2.05) is 30.5 Å². The fourth-order valence-corrected chi connectivity index (χ4v) is 2.60. The lowest BCUT2D eigenvalue weighted by atomic mass is 10.2. The molecule has 0 spiro atoms. The Bertz CT molecular complexity index is 545. The van der Waals surface area contributed by atoms with E-state index in [-0.39, 0.29) is 6.04 Å². The van der Waals surface area contributed by atoms with Crippen molar-refractivity contribution in [3.8, 4) is 6.07 Å². The number of rotatable bonds is 3. The molecule has 0 radical (unpaired) electrons. The van der Waals surface area contributed by atoms with Gasteiger partial charge in [-0.3, -0.25) is 0 Å². The lowest BCUT2D eigenvalue weighted by molar-refractivity contribution is 0.869. The molecular formula is C12H10BrN3S. The zero-order chi connectivity index (χ0) is 12.3. The number of benzene rings is 1. The normalized spacial score (nSPS) is 11.8. The van der Waals surface area contributed by atoms with E-state index in [0.717, 1.165) is 15.2 Å². The van der Waals surface area contributed by atoms with Crippen molar-refractivity contribution in [1.82, 2.24) is 4.98 Å². The van der Waals surface area contributed by atoms with Gasteiger partial charge in [0.15, 0.2) is 0 Å². The van der Waals surface area contributed by atoms with Crippen LogP contribution >= 0.6 is 27.3 Å². The number of halogens is 1. The second kappa shape index (κ2) is 5.30. The molecule has 1 heterocycles. The Labute approximate surface area is 112 Å². The van der Waals surface area contributed by atoms with Gasteiger partial charge in [0.2, 0.25) is 0 Å². The van der Waals surface area contributed by atoms with Crippen LogP contribution in [0.1, 0.15) is 23.5 Å². The van der Waals surface area contributed by atoms with E-state index in [9.17, 15) is 0 Å². The monoisotopic (exact) mass is 307 g/mol. The van der Waals surface area contributed by atoms with E-state index in [0.29, 0.717) is 5.56 Å². The number of thiazole rings is 1. The molecule has 0 aliphatic heterocycles. The zero-order valence-corrected chi connectivity index (χ0v) is 11.5. The average Bonchev–Trinajstić information content (AvgIpc) is 2.82. The smallest absolute Gasteiger partial charge is 0.115 e. The fraction of sp³-hybridized carbons (Fsp3) is 0.167. The molecule has 17 heavy (non-hydrogen) atoms. The lowest BCUT2D eigenvalue weighted by Crippen LogP contribution is -2.07. The number of hydrogen-bond acceptors (Lipinski definition) is 4. The molecule has 0 saturated heterocycles. The molecule has 2 aromatic rings. The Kier molecular flexibility index (Phi) is 3.77. The first kappa shape index (κ1) is 12.1. The van der Waals surface area contributed by atoms with E-state index >= 15 is 0 Å². The van der Waals surface area contributed by atoms with E-state index < -0.39 is 0 Å². The van der Waals surface area contributed by atoms with Gasteiger partial charge in [-0.2, -0.15) is 5.26 Å². The van der Waals surface area contributed by atoms with Crippen LogP contribution in [0.4, 0.5) is 5.69 Å². The molecule has 1 unspecified atom stereocenters. The van der Waals surface area contributed by atoms with Crippen LogP contribution in [0, 0.1) is 11.3 Å². The molecule has 1 N–H and O–H groups in total. The largest absolute Gasteiger partial charge is 0.375 e. The molecule has 0 aliphatic rings. The summed E-state index contributed by atoms with van der Waals surface area (Å²) in [6.45, 7) is 2.03. The van der Waals surface area contributed by atoms with Crippen molar-refractivity contribution in [3.63, 3.8) is 0 Å². The second-order valence-electron chi connectivity index (χ2n) is 3.51. The molecule has 0 aliphatic carbocycles. The highest BCUT2D eigenvalue weighted by atomic mass is 79.9. The van der Waals surface area contributed by atoms with Crippen molar-refractivity contribution in [2.24, 2.45) is 0 Å². The van der Waals surface area contributed by atoms with Crippen LogP contribution < -0.4 is 5.32 Å². The molecule has 0 amide bonds. The molecule has 0 saturated carbocycles. The predicted molar refractivity (Wildman–Crippen MR) is 73.0 cm³/mol. The minimum Gasteiger partial charge on any atom is -0.375 e. The molecule has 3 nitrogen and oxygen atoms in total. The van der Waals surface area contributed by atoms with Crippen LogP contribution in [-0.2, 0) is 0 Å². The Hall–Kier alpha value is -1.38. The number of anilines is 1. The molecule has 5 heteroatoms. The highest BCUT2D eigenvalue weighted by Crippen LogP contribution is 2.27. The van der Waals surface area contributed by atoms with E-state index in [2.05, 4.69) is 32.3 Å². The highest BCUT2D eigenvalue weighted by Gasteiger charge is 2.11. The van der Waals surface area contributed by atoms with Crippen molar-refractivity contribution in [3.05, 3.63) is 44.8 Å². The summed E-state index contributed by atoms with van der Waals surface area (Å²) in [5.74, 6) is 0. The summed E-state index contributed by atoms with van der Waals surface area (Å²) in [4.78, 5) is 4.25. The summed E-state index contributed by atoms with van der Waals surface area (Å²) in [7, 11) is 0. The number of aromatic nitrogens is 1. The standard InChI is InChI=1S/C12H10BrN3S/c1-8(12-15-5-6-17-12)16-11-4-2-3-10(13)9(11)7-14/h2-6,8,16H,1H3. The summed E-state index contributed by atoms with van der Waals surface area (Å²) in [5.41, 5.74) is 1.44. The molecule has 0 bridgehead atoms. The quantitative estimate of drug-likeness (QED) is 0.934. The Morgan fingerprint density at radius 2 is 2.35 bits per heavy atom. The van der Waals surface area contributed by atoms with E-state index in [1.165, 1.54) is 0 Å². The maximum absolute atomic E-state index is 9.11. The van der Waals surface area contributed by atoms with Crippen molar-refractivity contribution in [2.75, 3.05) is 5.32 Å². The first-order chi connectivity index (χ1) is 8.22. The Morgan fingerprint density at radius 3 is 3.00 bits per heavy atom. The SMILES string of the molecule is CC(Nc1cccc(Br)c1C#N)c1nccs1. The third-order valence-corrected chi connectivity index (χ3v) is 3.94. The first-order valence-corrected chi connectivity index (χ1v) is 6.74. The first-order valence-electron chi connectivity index (χ1n) is 5.07. The van der Waals surface area contributed by atoms with Crippen LogP contribution in [0.2, 0.25) is 0 Å². The summed E-state index contributed by atoms with van der Waals surface area (Å²) in [5, 5.41) is 15.4. The number of nitriles is 1. The predicted octanol–water partition coefficient (Wildman–Crippen LogP) is 3.95. The van der Waals surface area contributed by atoms with Crippen LogP contribution in [0.5, 0.6) is 0 Å². The van der Waals surface area contributed by atoms with Gasteiger partial charge in [-0.15, -0.1) is 11.3 Å². The van der Waals surface area contributed by atoms with Gasteiger partial charge in [-0.25, -0.2) is 4.98 Å². The minimum absolute atomic E-state index is 0.0939. The second-order valence-corrected chi connectivity index (χ2v) is 5.29. The molecular weight excluding hydrogens is 298 g/mol. The van der Waals surface area contributed by atoms with Crippen molar-refractivity contribution >= 4 is 33.0 Å². The zero-order valence-electron chi connectivity index (χ0n) is 9.14. The number of nitrogens with zero attached hydrogens (tertiary/aromatic N) is 2. The summed E-state index contributed by atoms with van der Waals surface area (Å²) < 4.78 is 0.802. The van der Waals surface area contributed by atoms with Crippen molar-refractivity contribution in [1.29, 1.82) is 5.26 Å². The summed E-state index contributed by atoms with van der Waals surface area (Å²) in [6.07, 6.45) is 1.78. The fourth-order valence-electron chi connectivity index (χ4n) is 1.50. The Balaban J connectivity index is 2.25. The number of nitrogens with one attached hydrogen (secondary N) is 1. The summed E-state index contributed by atoms with van der Waals surface area (Å²) >= 11 is 4.97. The average molecular weight is 308 g/mol. The van der Waals surface area contributed by atoms with Gasteiger partial charge in [0.25, 0.3) is 0 Å². The van der Waals surface area contributed by atoms with Crippen LogP contribution in [-0.4, -0.2) is 4.98 Å². The van der Waals surface area contributed by atoms with Crippen LogP contribution in [0.15, 0.2) is 34.2 Å². The van der Waals surface area contributed by atoms with Gasteiger partial charge >= 0.3 is 0 Å². The van der Waals surface area contributed by atoms with Crippen molar-refractivity contribution in [2.45, 2.75) is 13.0 Å². The van der Waals surface area contributed by atoms with E-state index in [4.69, 9.17) is 5.26 Å². The van der Waals surface area contributed by atoms with Gasteiger partial charge in [-0.05, 0) is 35.0 Å². The molecule has 0 fully saturated rings. The molecule has 1 aromatic carbocycles. The van der Waals surface area contributed by atoms with Crippen LogP contribution in [0.3, 0.4) is 0 Å². The van der Waals surface area contributed by atoms with Gasteiger partial charge in [0.1, 0.15) is 11.1 Å². The molecule has 2 rings (SSSR count). The van der Waals surface area contributed by atoms with Crippen molar-refractivity contribution < 1.29 is 0 Å². The van der Waals surface area contributed by atoms with Gasteiger partial charge < -0.3 is 5.32 Å². The van der Waals surface area contributed by atoms with Crippen LogP contribution in [0.25, 0.3) is 0 Å². The molecule has 1 aromatic heterocycles. The maximum Gasteiger partial charge on any atom is 0.115 e. The summed E-state index contributed by atoms with van der Waals surface area (Å²) in [6, 6.07) is 7.94. The van der Waals surface area contributed by atoms with E-state index in [1.54, 1.807) is 17.5 Å².